The molecular weight excluding hydrogens is 176 g/mol. The Morgan fingerprint density at radius 2 is 2.30 bits per heavy atom. The molecule has 1 aromatic rings. The summed E-state index contributed by atoms with van der Waals surface area (Å²) in [6.45, 7) is 3.30. The predicted molar refractivity (Wildman–Crippen MR) is 37.1 cm³/mol. The van der Waals surface area contributed by atoms with Gasteiger partial charge in [0.2, 0.25) is 0 Å². The van der Waals surface area contributed by atoms with E-state index in [1.54, 1.807) is 0 Å². The summed E-state index contributed by atoms with van der Waals surface area (Å²) in [4.78, 5) is 3.94. The standard InChI is InChI=1S/C7H12N2.Cu/c1-2-3-5-9-6-4-8-7-9;/h4,6-7H,2-3,5H2,1H3;. The van der Waals surface area contributed by atoms with Gasteiger partial charge in [0.1, 0.15) is 0 Å². The Labute approximate surface area is 72.1 Å². The van der Waals surface area contributed by atoms with Gasteiger partial charge in [0.15, 0.2) is 0 Å². The summed E-state index contributed by atoms with van der Waals surface area (Å²) in [5.41, 5.74) is 0. The number of nitrogens with zero attached hydrogens (tertiary/aromatic N) is 2. The van der Waals surface area contributed by atoms with Crippen LogP contribution in [0.4, 0.5) is 0 Å². The van der Waals surface area contributed by atoms with Crippen LogP contribution in [0.3, 0.4) is 0 Å². The van der Waals surface area contributed by atoms with E-state index in [0.29, 0.717) is 0 Å². The second-order valence-corrected chi connectivity index (χ2v) is 2.15. The number of hydrogen-bond acceptors (Lipinski definition) is 1. The first-order valence-electron chi connectivity index (χ1n) is 3.39. The monoisotopic (exact) mass is 187 g/mol. The van der Waals surface area contributed by atoms with Crippen molar-refractivity contribution in [3.05, 3.63) is 18.7 Å². The molecule has 0 unspecified atom stereocenters. The minimum absolute atomic E-state index is 0. The van der Waals surface area contributed by atoms with Crippen LogP contribution >= 0.6 is 0 Å². The molecular formula is C7H12CuN2. The molecule has 1 aromatic heterocycles. The van der Waals surface area contributed by atoms with E-state index in [9.17, 15) is 0 Å². The van der Waals surface area contributed by atoms with E-state index >= 15 is 0 Å². The van der Waals surface area contributed by atoms with Crippen molar-refractivity contribution in [2.75, 3.05) is 0 Å². The summed E-state index contributed by atoms with van der Waals surface area (Å²) >= 11 is 0. The van der Waals surface area contributed by atoms with Crippen LogP contribution in [0.15, 0.2) is 18.7 Å². The van der Waals surface area contributed by atoms with E-state index in [2.05, 4.69) is 16.5 Å². The molecule has 0 aliphatic carbocycles. The van der Waals surface area contributed by atoms with E-state index in [-0.39, 0.29) is 17.1 Å². The number of unbranched alkanes of at least 4 members (excludes halogenated alkanes) is 1. The Morgan fingerprint density at radius 1 is 1.50 bits per heavy atom. The van der Waals surface area contributed by atoms with Gasteiger partial charge < -0.3 is 4.57 Å². The SMILES string of the molecule is CCCCn1ccnc1.[Cu]. The van der Waals surface area contributed by atoms with Crippen molar-refractivity contribution in [3.8, 4) is 0 Å². The third kappa shape index (κ3) is 3.04. The first-order valence-corrected chi connectivity index (χ1v) is 3.39. The Kier molecular flexibility index (Phi) is 5.36. The summed E-state index contributed by atoms with van der Waals surface area (Å²) in [6, 6.07) is 0. The number of aryl methyl sites for hydroxylation is 1. The molecule has 1 heterocycles. The van der Waals surface area contributed by atoms with Crippen LogP contribution < -0.4 is 0 Å². The fraction of sp³-hybridized carbons (Fsp3) is 0.571. The molecule has 0 aliphatic rings. The summed E-state index contributed by atoms with van der Waals surface area (Å²) < 4.78 is 2.10. The van der Waals surface area contributed by atoms with Crippen LogP contribution in [-0.2, 0) is 23.6 Å². The van der Waals surface area contributed by atoms with Gasteiger partial charge in [0.25, 0.3) is 0 Å². The van der Waals surface area contributed by atoms with Gasteiger partial charge in [-0.05, 0) is 6.42 Å². The van der Waals surface area contributed by atoms with E-state index < -0.39 is 0 Å². The molecule has 61 valence electrons. The molecule has 0 saturated heterocycles. The first-order chi connectivity index (χ1) is 4.43. The Hall–Kier alpha value is -0.271. The Morgan fingerprint density at radius 3 is 2.80 bits per heavy atom. The van der Waals surface area contributed by atoms with E-state index in [1.165, 1.54) is 12.8 Å². The molecule has 0 saturated carbocycles. The molecule has 0 amide bonds. The topological polar surface area (TPSA) is 17.8 Å². The zero-order chi connectivity index (χ0) is 6.53. The maximum Gasteiger partial charge on any atom is 0.0945 e. The second kappa shape index (κ2) is 5.51. The van der Waals surface area contributed by atoms with Crippen LogP contribution in [0.25, 0.3) is 0 Å². The van der Waals surface area contributed by atoms with E-state index in [1.807, 2.05) is 18.7 Å². The van der Waals surface area contributed by atoms with Crippen molar-refractivity contribution in [3.63, 3.8) is 0 Å². The molecule has 1 radical (unpaired) electrons. The number of aromatic nitrogens is 2. The van der Waals surface area contributed by atoms with Crippen LogP contribution in [-0.4, -0.2) is 9.55 Å². The zero-order valence-corrected chi connectivity index (χ0v) is 6.99. The molecule has 2 nitrogen and oxygen atoms in total. The van der Waals surface area contributed by atoms with Gasteiger partial charge in [-0.2, -0.15) is 0 Å². The first kappa shape index (κ1) is 9.73. The summed E-state index contributed by atoms with van der Waals surface area (Å²) in [7, 11) is 0. The van der Waals surface area contributed by atoms with Crippen LogP contribution in [0.1, 0.15) is 19.8 Å². The largest absolute Gasteiger partial charge is 0.337 e. The van der Waals surface area contributed by atoms with Crippen molar-refractivity contribution >= 4 is 0 Å². The Bertz CT molecular complexity index is 149. The fourth-order valence-electron chi connectivity index (χ4n) is 0.760. The minimum Gasteiger partial charge on any atom is -0.337 e. The van der Waals surface area contributed by atoms with E-state index in [4.69, 9.17) is 0 Å². The summed E-state index contributed by atoms with van der Waals surface area (Å²) in [5.74, 6) is 0. The molecule has 0 atom stereocenters. The van der Waals surface area contributed by atoms with Crippen LogP contribution in [0, 0.1) is 0 Å². The Balaban J connectivity index is 0.000000810. The normalized spacial score (nSPS) is 8.90. The molecule has 0 aliphatic heterocycles. The number of hydrogen-bond donors (Lipinski definition) is 0. The molecule has 0 spiro atoms. The smallest absolute Gasteiger partial charge is 0.0945 e. The molecule has 0 aromatic carbocycles. The van der Waals surface area contributed by atoms with Gasteiger partial charge >= 0.3 is 0 Å². The molecule has 1 rings (SSSR count). The van der Waals surface area contributed by atoms with Crippen molar-refractivity contribution in [1.29, 1.82) is 0 Å². The van der Waals surface area contributed by atoms with Gasteiger partial charge in [-0.1, -0.05) is 13.3 Å². The second-order valence-electron chi connectivity index (χ2n) is 2.15. The summed E-state index contributed by atoms with van der Waals surface area (Å²) in [5, 5.41) is 0. The third-order valence-corrected chi connectivity index (χ3v) is 1.33. The zero-order valence-electron chi connectivity index (χ0n) is 6.05. The number of rotatable bonds is 3. The van der Waals surface area contributed by atoms with Crippen LogP contribution in [0.2, 0.25) is 0 Å². The van der Waals surface area contributed by atoms with Gasteiger partial charge in [0.05, 0.1) is 6.33 Å². The van der Waals surface area contributed by atoms with Crippen molar-refractivity contribution in [2.45, 2.75) is 26.3 Å². The van der Waals surface area contributed by atoms with Gasteiger partial charge in [0, 0.05) is 36.0 Å². The van der Waals surface area contributed by atoms with E-state index in [0.717, 1.165) is 6.54 Å². The maximum absolute atomic E-state index is 3.94. The summed E-state index contributed by atoms with van der Waals surface area (Å²) in [6.07, 6.45) is 8.16. The van der Waals surface area contributed by atoms with Gasteiger partial charge in [-0.3, -0.25) is 0 Å². The van der Waals surface area contributed by atoms with Gasteiger partial charge in [-0.25, -0.2) is 4.98 Å². The predicted octanol–water partition coefficient (Wildman–Crippen LogP) is 1.68. The molecule has 3 heteroatoms. The number of imidazole rings is 1. The molecule has 10 heavy (non-hydrogen) atoms. The average molecular weight is 188 g/mol. The molecule has 0 fully saturated rings. The molecule has 0 bridgehead atoms. The fourth-order valence-corrected chi connectivity index (χ4v) is 0.760. The average Bonchev–Trinajstić information content (AvgIpc) is 2.34. The van der Waals surface area contributed by atoms with Gasteiger partial charge in [-0.15, -0.1) is 0 Å². The van der Waals surface area contributed by atoms with Crippen molar-refractivity contribution in [1.82, 2.24) is 9.55 Å². The quantitative estimate of drug-likeness (QED) is 0.659. The molecule has 0 N–H and O–H groups in total. The van der Waals surface area contributed by atoms with Crippen molar-refractivity contribution < 1.29 is 17.1 Å². The van der Waals surface area contributed by atoms with Crippen molar-refractivity contribution in [2.24, 2.45) is 0 Å². The third-order valence-electron chi connectivity index (χ3n) is 1.33. The van der Waals surface area contributed by atoms with Crippen LogP contribution in [0.5, 0.6) is 0 Å². The minimum atomic E-state index is 0. The maximum atomic E-state index is 3.94.